The van der Waals surface area contributed by atoms with Gasteiger partial charge in [0.05, 0.1) is 4.92 Å². The van der Waals surface area contributed by atoms with E-state index >= 15 is 0 Å². The minimum absolute atomic E-state index is 0.0449. The standard InChI is InChI=1S/C11H15FN2O5S2/c1-8(20(2)17)6-7-13-21(18,19)10-5-3-4-9(12)11(10)14(15)16/h3-5,8,13H,6-7H2,1-2H3. The van der Waals surface area contributed by atoms with Crippen LogP contribution in [0.25, 0.3) is 0 Å². The first kappa shape index (κ1) is 17.7. The van der Waals surface area contributed by atoms with Gasteiger partial charge in [-0.05, 0) is 18.6 Å². The van der Waals surface area contributed by atoms with E-state index in [1.807, 2.05) is 0 Å². The largest absolute Gasteiger partial charge is 0.324 e. The molecular formula is C11H15FN2O5S2. The molecule has 0 heterocycles. The molecule has 0 saturated carbocycles. The summed E-state index contributed by atoms with van der Waals surface area (Å²) in [7, 11) is -5.31. The molecule has 1 aromatic rings. The first-order valence-electron chi connectivity index (χ1n) is 5.91. The number of hydrogen-bond donors (Lipinski definition) is 1. The molecule has 0 fully saturated rings. The molecule has 0 radical (unpaired) electrons. The molecule has 0 aromatic heterocycles. The predicted molar refractivity (Wildman–Crippen MR) is 76.4 cm³/mol. The van der Waals surface area contributed by atoms with Crippen molar-refractivity contribution < 1.29 is 21.9 Å². The van der Waals surface area contributed by atoms with Gasteiger partial charge in [0.1, 0.15) is 0 Å². The van der Waals surface area contributed by atoms with Crippen molar-refractivity contribution in [3.05, 3.63) is 34.1 Å². The zero-order valence-electron chi connectivity index (χ0n) is 11.4. The van der Waals surface area contributed by atoms with Gasteiger partial charge < -0.3 is 0 Å². The Kier molecular flexibility index (Phi) is 5.93. The van der Waals surface area contributed by atoms with Crippen LogP contribution < -0.4 is 4.72 Å². The minimum atomic E-state index is -4.21. The zero-order valence-corrected chi connectivity index (χ0v) is 13.0. The van der Waals surface area contributed by atoms with Crippen molar-refractivity contribution in [2.24, 2.45) is 0 Å². The fraction of sp³-hybridized carbons (Fsp3) is 0.455. The molecule has 7 nitrogen and oxygen atoms in total. The monoisotopic (exact) mass is 338 g/mol. The highest BCUT2D eigenvalue weighted by atomic mass is 32.2. The van der Waals surface area contributed by atoms with Gasteiger partial charge in [0.25, 0.3) is 0 Å². The Morgan fingerprint density at radius 3 is 2.62 bits per heavy atom. The van der Waals surface area contributed by atoms with Crippen LogP contribution in [0.2, 0.25) is 0 Å². The van der Waals surface area contributed by atoms with E-state index in [2.05, 4.69) is 4.72 Å². The van der Waals surface area contributed by atoms with Crippen LogP contribution in [0.3, 0.4) is 0 Å². The summed E-state index contributed by atoms with van der Waals surface area (Å²) < 4.78 is 50.7. The van der Waals surface area contributed by atoms with Crippen LogP contribution in [-0.2, 0) is 20.8 Å². The van der Waals surface area contributed by atoms with Crippen molar-refractivity contribution in [2.75, 3.05) is 12.8 Å². The Morgan fingerprint density at radius 1 is 1.48 bits per heavy atom. The van der Waals surface area contributed by atoms with Crippen molar-refractivity contribution >= 4 is 26.5 Å². The van der Waals surface area contributed by atoms with Crippen LogP contribution in [0, 0.1) is 15.9 Å². The first-order valence-corrected chi connectivity index (χ1v) is 9.02. The van der Waals surface area contributed by atoms with E-state index in [1.54, 1.807) is 6.92 Å². The number of nitrogens with zero attached hydrogens (tertiary/aromatic N) is 1. The van der Waals surface area contributed by atoms with Crippen molar-refractivity contribution in [2.45, 2.75) is 23.5 Å². The Morgan fingerprint density at radius 2 is 2.10 bits per heavy atom. The molecule has 0 aliphatic carbocycles. The lowest BCUT2D eigenvalue weighted by molar-refractivity contribution is -0.390. The quantitative estimate of drug-likeness (QED) is 0.593. The zero-order chi connectivity index (χ0) is 16.2. The van der Waals surface area contributed by atoms with E-state index in [0.29, 0.717) is 6.42 Å². The summed E-state index contributed by atoms with van der Waals surface area (Å²) in [6.07, 6.45) is 1.79. The van der Waals surface area contributed by atoms with Crippen molar-refractivity contribution in [1.29, 1.82) is 0 Å². The molecule has 0 bridgehead atoms. The topological polar surface area (TPSA) is 106 Å². The predicted octanol–water partition coefficient (Wildman–Crippen LogP) is 1.17. The second-order valence-corrected chi connectivity index (χ2v) is 7.88. The number of nitro benzene ring substituents is 1. The average molecular weight is 338 g/mol. The third-order valence-electron chi connectivity index (χ3n) is 2.83. The molecule has 0 spiro atoms. The number of nitro groups is 1. The van der Waals surface area contributed by atoms with E-state index in [4.69, 9.17) is 0 Å². The number of para-hydroxylation sites is 1. The van der Waals surface area contributed by atoms with Gasteiger partial charge in [-0.15, -0.1) is 0 Å². The number of benzene rings is 1. The number of nitrogens with one attached hydrogen (secondary N) is 1. The fourth-order valence-electron chi connectivity index (χ4n) is 1.53. The van der Waals surface area contributed by atoms with Crippen molar-refractivity contribution in [1.82, 2.24) is 4.72 Å². The maximum atomic E-state index is 13.4. The van der Waals surface area contributed by atoms with Crippen LogP contribution >= 0.6 is 0 Å². The highest BCUT2D eigenvalue weighted by Gasteiger charge is 2.29. The molecule has 0 amide bonds. The van der Waals surface area contributed by atoms with Gasteiger partial charge in [-0.3, -0.25) is 14.3 Å². The Labute approximate surface area is 124 Å². The van der Waals surface area contributed by atoms with E-state index < -0.39 is 42.1 Å². The second-order valence-electron chi connectivity index (χ2n) is 4.34. The van der Waals surface area contributed by atoms with Gasteiger partial charge >= 0.3 is 5.69 Å². The molecule has 1 rings (SSSR count). The van der Waals surface area contributed by atoms with Crippen LogP contribution in [0.5, 0.6) is 0 Å². The van der Waals surface area contributed by atoms with Crippen LogP contribution in [0.15, 0.2) is 23.1 Å². The molecule has 21 heavy (non-hydrogen) atoms. The van der Waals surface area contributed by atoms with E-state index in [9.17, 15) is 27.1 Å². The number of hydrogen-bond acceptors (Lipinski definition) is 5. The van der Waals surface area contributed by atoms with E-state index in [1.165, 1.54) is 6.26 Å². The molecule has 118 valence electrons. The van der Waals surface area contributed by atoms with Gasteiger partial charge in [0.15, 0.2) is 4.90 Å². The minimum Gasteiger partial charge on any atom is -0.260 e. The molecule has 1 aromatic carbocycles. The molecule has 0 aliphatic heterocycles. The fourth-order valence-corrected chi connectivity index (χ4v) is 3.21. The summed E-state index contributed by atoms with van der Waals surface area (Å²) in [6.45, 7) is 1.64. The molecule has 10 heteroatoms. The van der Waals surface area contributed by atoms with Crippen molar-refractivity contribution in [3.8, 4) is 0 Å². The maximum Gasteiger partial charge on any atom is 0.324 e. The SMILES string of the molecule is CC(CCNS(=O)(=O)c1cccc(F)c1[N+](=O)[O-])S(C)=O. The van der Waals surface area contributed by atoms with Gasteiger partial charge in [-0.1, -0.05) is 13.0 Å². The normalized spacial score (nSPS) is 14.6. The number of rotatable bonds is 7. The van der Waals surface area contributed by atoms with E-state index in [-0.39, 0.29) is 11.8 Å². The van der Waals surface area contributed by atoms with Crippen LogP contribution in [-0.4, -0.2) is 35.6 Å². The lowest BCUT2D eigenvalue weighted by atomic mass is 10.3. The number of sulfonamides is 1. The number of halogens is 1. The molecule has 0 saturated heterocycles. The molecular weight excluding hydrogens is 323 g/mol. The lowest BCUT2D eigenvalue weighted by Crippen LogP contribution is -2.28. The summed E-state index contributed by atoms with van der Waals surface area (Å²) in [4.78, 5) is 8.99. The Hall–Kier alpha value is -1.39. The lowest BCUT2D eigenvalue weighted by Gasteiger charge is -2.10. The van der Waals surface area contributed by atoms with Gasteiger partial charge in [0, 0.05) is 28.9 Å². The van der Waals surface area contributed by atoms with Gasteiger partial charge in [-0.2, -0.15) is 4.39 Å². The summed E-state index contributed by atoms with van der Waals surface area (Å²) in [6, 6.07) is 2.87. The summed E-state index contributed by atoms with van der Waals surface area (Å²) >= 11 is 0. The van der Waals surface area contributed by atoms with Crippen LogP contribution in [0.4, 0.5) is 10.1 Å². The van der Waals surface area contributed by atoms with Gasteiger partial charge in [-0.25, -0.2) is 13.1 Å². The van der Waals surface area contributed by atoms with Crippen LogP contribution in [0.1, 0.15) is 13.3 Å². The smallest absolute Gasteiger partial charge is 0.260 e. The Balaban J connectivity index is 2.97. The second kappa shape index (κ2) is 7.05. The highest BCUT2D eigenvalue weighted by molar-refractivity contribution is 7.89. The highest BCUT2D eigenvalue weighted by Crippen LogP contribution is 2.26. The molecule has 2 atom stereocenters. The first-order chi connectivity index (χ1) is 9.66. The third-order valence-corrected chi connectivity index (χ3v) is 5.69. The van der Waals surface area contributed by atoms with Crippen molar-refractivity contribution in [3.63, 3.8) is 0 Å². The molecule has 2 unspecified atom stereocenters. The molecule has 1 N–H and O–H groups in total. The van der Waals surface area contributed by atoms with E-state index in [0.717, 1.165) is 18.2 Å². The molecule has 0 aliphatic rings. The summed E-state index contributed by atoms with van der Waals surface area (Å²) in [5.74, 6) is -1.22. The average Bonchev–Trinajstić information content (AvgIpc) is 2.37. The van der Waals surface area contributed by atoms with Gasteiger partial charge in [0.2, 0.25) is 15.8 Å². The third kappa shape index (κ3) is 4.55. The maximum absolute atomic E-state index is 13.4. The Bertz CT molecular complexity index is 663. The summed E-state index contributed by atoms with van der Waals surface area (Å²) in [5.41, 5.74) is -1.09. The summed E-state index contributed by atoms with van der Waals surface area (Å²) in [5, 5.41) is 10.6.